The van der Waals surface area contributed by atoms with E-state index in [0.717, 1.165) is 50.3 Å². The second kappa shape index (κ2) is 17.2. The Morgan fingerprint density at radius 3 is 2.23 bits per heavy atom. The van der Waals surface area contributed by atoms with Gasteiger partial charge in [-0.1, -0.05) is 52.8 Å². The topological polar surface area (TPSA) is 112 Å². The van der Waals surface area contributed by atoms with Crippen molar-refractivity contribution in [2.24, 2.45) is 5.92 Å². The number of anilines is 2. The van der Waals surface area contributed by atoms with Crippen LogP contribution in [0.5, 0.6) is 11.5 Å². The summed E-state index contributed by atoms with van der Waals surface area (Å²) in [6, 6.07) is 17.3. The molecule has 1 atom stereocenters. The van der Waals surface area contributed by atoms with Gasteiger partial charge >= 0.3 is 0 Å². The molecule has 0 spiro atoms. The van der Waals surface area contributed by atoms with Crippen molar-refractivity contribution < 1.29 is 4.74 Å². The number of piperidine rings is 1. The molecule has 0 amide bonds. The molecule has 1 aliphatic rings. The molecule has 0 radical (unpaired) electrons. The van der Waals surface area contributed by atoms with E-state index in [-0.39, 0.29) is 11.8 Å². The lowest BCUT2D eigenvalue weighted by molar-refractivity contribution is 0.192. The highest BCUT2D eigenvalue weighted by atomic mass is 16.5. The zero-order valence-corrected chi connectivity index (χ0v) is 24.5. The van der Waals surface area contributed by atoms with Crippen molar-refractivity contribution in [1.82, 2.24) is 20.2 Å². The molecule has 1 aliphatic heterocycles. The maximum Gasteiger partial charge on any atom is 0.141 e. The van der Waals surface area contributed by atoms with E-state index in [0.29, 0.717) is 28.9 Å². The molecule has 0 aliphatic carbocycles. The van der Waals surface area contributed by atoms with Crippen molar-refractivity contribution in [2.45, 2.75) is 53.5 Å². The molecule has 5 N–H and O–H groups in total. The van der Waals surface area contributed by atoms with Gasteiger partial charge in [-0.05, 0) is 68.8 Å². The maximum atomic E-state index is 8.85. The fourth-order valence-corrected chi connectivity index (χ4v) is 4.52. The smallest absolute Gasteiger partial charge is 0.141 e. The van der Waals surface area contributed by atoms with Crippen LogP contribution in [-0.4, -0.2) is 59.8 Å². The summed E-state index contributed by atoms with van der Waals surface area (Å²) in [6.45, 7) is 14.5. The number of ether oxygens (including phenoxy) is 1. The third-order valence-electron chi connectivity index (χ3n) is 6.30. The number of nitrogens with two attached hydrogens (primary N) is 1. The van der Waals surface area contributed by atoms with E-state index in [2.05, 4.69) is 32.4 Å². The third-order valence-corrected chi connectivity index (χ3v) is 6.30. The van der Waals surface area contributed by atoms with Gasteiger partial charge in [0.1, 0.15) is 29.5 Å². The van der Waals surface area contributed by atoms with Crippen LogP contribution in [0.2, 0.25) is 0 Å². The van der Waals surface area contributed by atoms with Crippen LogP contribution in [0, 0.1) is 11.3 Å². The zero-order chi connectivity index (χ0) is 28.6. The van der Waals surface area contributed by atoms with Gasteiger partial charge in [-0.25, -0.2) is 9.97 Å². The number of hydrogen-bond acceptors (Lipinski definition) is 8. The molecule has 0 saturated carbocycles. The number of aromatic nitrogens is 2. The summed E-state index contributed by atoms with van der Waals surface area (Å²) in [5.74, 6) is 3.02. The summed E-state index contributed by atoms with van der Waals surface area (Å²) in [4.78, 5) is 11.1. The molecule has 1 saturated heterocycles. The highest BCUT2D eigenvalue weighted by Gasteiger charge is 2.23. The monoisotopic (exact) mass is 533 g/mol. The van der Waals surface area contributed by atoms with E-state index < -0.39 is 0 Å². The van der Waals surface area contributed by atoms with Gasteiger partial charge in [0.15, 0.2) is 0 Å². The van der Waals surface area contributed by atoms with Gasteiger partial charge in [0.25, 0.3) is 0 Å². The Morgan fingerprint density at radius 1 is 1.00 bits per heavy atom. The van der Waals surface area contributed by atoms with Crippen LogP contribution in [-0.2, 0) is 0 Å². The lowest BCUT2D eigenvalue weighted by Gasteiger charge is -2.34. The standard InChI is InChI=1S/C27H35N7O.2C2H6/c1-19(16-30-2)17-34-14-12-21(13-15-34)33-27-24(26(29)31-18-32-27)25(28)20-8-10-23(11-9-20)35-22-6-4-3-5-7-22;2*1-2/h3-11,18-19,21,28,30H,12-17H2,1-2H3,(H3,29,31,32,33);2*1-2H3. The van der Waals surface area contributed by atoms with E-state index >= 15 is 0 Å². The predicted octanol–water partition coefficient (Wildman–Crippen LogP) is 6.05. The SMILES string of the molecule is CC.CC.CNCC(C)CN1CCC(Nc2ncnc(N)c2C(=N)c2ccc(Oc3ccccc3)cc2)CC1. The van der Waals surface area contributed by atoms with E-state index in [1.165, 1.54) is 6.33 Å². The van der Waals surface area contributed by atoms with Crippen molar-refractivity contribution in [1.29, 1.82) is 5.41 Å². The van der Waals surface area contributed by atoms with Crippen LogP contribution in [0.4, 0.5) is 11.6 Å². The van der Waals surface area contributed by atoms with Crippen LogP contribution in [0.15, 0.2) is 60.9 Å². The first kappa shape index (κ1) is 31.7. The molecule has 2 heterocycles. The molecule has 4 rings (SSSR count). The Kier molecular flexibility index (Phi) is 14.0. The van der Waals surface area contributed by atoms with Crippen molar-refractivity contribution in [3.8, 4) is 11.5 Å². The number of rotatable bonds is 10. The first-order valence-corrected chi connectivity index (χ1v) is 14.2. The zero-order valence-electron chi connectivity index (χ0n) is 24.5. The van der Waals surface area contributed by atoms with Gasteiger partial charge in [-0.15, -0.1) is 0 Å². The molecule has 1 aromatic heterocycles. The van der Waals surface area contributed by atoms with Crippen molar-refractivity contribution in [2.75, 3.05) is 44.3 Å². The minimum atomic E-state index is 0.286. The number of hydrogen-bond donors (Lipinski definition) is 4. The Labute approximate surface area is 234 Å². The van der Waals surface area contributed by atoms with Crippen LogP contribution < -0.4 is 21.1 Å². The summed E-state index contributed by atoms with van der Waals surface area (Å²) < 4.78 is 5.87. The summed E-state index contributed by atoms with van der Waals surface area (Å²) >= 11 is 0. The minimum Gasteiger partial charge on any atom is -0.457 e. The van der Waals surface area contributed by atoms with Crippen molar-refractivity contribution in [3.63, 3.8) is 0 Å². The largest absolute Gasteiger partial charge is 0.457 e. The normalized spacial score (nSPS) is 14.2. The Morgan fingerprint density at radius 2 is 1.62 bits per heavy atom. The molecule has 8 heteroatoms. The van der Waals surface area contributed by atoms with E-state index in [1.807, 2.05) is 89.3 Å². The molecule has 8 nitrogen and oxygen atoms in total. The van der Waals surface area contributed by atoms with Gasteiger partial charge < -0.3 is 26.0 Å². The fourth-order valence-electron chi connectivity index (χ4n) is 4.52. The lowest BCUT2D eigenvalue weighted by Crippen LogP contribution is -2.42. The summed E-state index contributed by atoms with van der Waals surface area (Å²) in [6.07, 6.45) is 3.50. The lowest BCUT2D eigenvalue weighted by atomic mass is 10.0. The van der Waals surface area contributed by atoms with Gasteiger partial charge in [-0.2, -0.15) is 0 Å². The van der Waals surface area contributed by atoms with Gasteiger partial charge in [0.05, 0.1) is 11.3 Å². The van der Waals surface area contributed by atoms with Crippen molar-refractivity contribution >= 4 is 17.3 Å². The van der Waals surface area contributed by atoms with Crippen LogP contribution >= 0.6 is 0 Å². The second-order valence-electron chi connectivity index (χ2n) is 9.18. The molecule has 1 unspecified atom stereocenters. The Hall–Kier alpha value is -3.49. The molecular weight excluding hydrogens is 486 g/mol. The summed E-state index contributed by atoms with van der Waals surface area (Å²) in [7, 11) is 2.00. The van der Waals surface area contributed by atoms with E-state index in [1.54, 1.807) is 0 Å². The molecule has 1 fully saturated rings. The average Bonchev–Trinajstić information content (AvgIpc) is 2.97. The first-order chi connectivity index (χ1) is 19.0. The number of likely N-dealkylation sites (tertiary alicyclic amines) is 1. The number of nitrogens with one attached hydrogen (secondary N) is 3. The number of benzene rings is 2. The fraction of sp³-hybridized carbons (Fsp3) is 0.452. The van der Waals surface area contributed by atoms with Gasteiger partial charge in [0.2, 0.25) is 0 Å². The number of nitrogen functional groups attached to an aromatic ring is 1. The molecule has 2 aromatic carbocycles. The maximum absolute atomic E-state index is 8.85. The molecule has 212 valence electrons. The highest BCUT2D eigenvalue weighted by molar-refractivity contribution is 6.16. The molecular formula is C31H47N7O. The highest BCUT2D eigenvalue weighted by Crippen LogP contribution is 2.26. The molecule has 39 heavy (non-hydrogen) atoms. The number of para-hydroxylation sites is 1. The summed E-state index contributed by atoms with van der Waals surface area (Å²) in [5, 5.41) is 15.7. The Balaban J connectivity index is 0.00000127. The third kappa shape index (κ3) is 9.64. The Bertz CT molecular complexity index is 1100. The van der Waals surface area contributed by atoms with Crippen LogP contribution in [0.3, 0.4) is 0 Å². The first-order valence-electron chi connectivity index (χ1n) is 14.2. The van der Waals surface area contributed by atoms with Gasteiger partial charge in [0, 0.05) is 31.2 Å². The summed E-state index contributed by atoms with van der Waals surface area (Å²) in [5.41, 5.74) is 7.78. The number of nitrogens with zero attached hydrogens (tertiary/aromatic N) is 3. The second-order valence-corrected chi connectivity index (χ2v) is 9.18. The quantitative estimate of drug-likeness (QED) is 0.235. The average molecular weight is 534 g/mol. The van der Waals surface area contributed by atoms with E-state index in [9.17, 15) is 0 Å². The van der Waals surface area contributed by atoms with Crippen molar-refractivity contribution in [3.05, 3.63) is 72.1 Å². The minimum absolute atomic E-state index is 0.286. The predicted molar refractivity (Wildman–Crippen MR) is 164 cm³/mol. The van der Waals surface area contributed by atoms with E-state index in [4.69, 9.17) is 15.9 Å². The van der Waals surface area contributed by atoms with Crippen LogP contribution in [0.1, 0.15) is 58.6 Å². The molecule has 3 aromatic rings. The molecule has 0 bridgehead atoms. The van der Waals surface area contributed by atoms with Crippen LogP contribution in [0.25, 0.3) is 0 Å². The van der Waals surface area contributed by atoms with Gasteiger partial charge in [-0.3, -0.25) is 5.41 Å².